The Balaban J connectivity index is 1.54. The molecule has 0 N–H and O–H groups in total. The molecule has 4 rings (SSSR count). The molecule has 1 amide bonds. The largest absolute Gasteiger partial charge is 0.443 e. The topological polar surface area (TPSA) is 64.2 Å². The second-order valence-electron chi connectivity index (χ2n) is 7.88. The maximum absolute atomic E-state index is 13.3. The lowest BCUT2D eigenvalue weighted by Gasteiger charge is -2.33. The number of rotatable bonds is 6. The number of piperidine rings is 1. The second-order valence-corrected chi connectivity index (χ2v) is 8.31. The van der Waals surface area contributed by atoms with Crippen LogP contribution in [0.4, 0.5) is 0 Å². The van der Waals surface area contributed by atoms with Gasteiger partial charge in [-0.15, -0.1) is 0 Å². The van der Waals surface area contributed by atoms with E-state index in [0.29, 0.717) is 29.6 Å². The van der Waals surface area contributed by atoms with E-state index in [1.165, 1.54) is 0 Å². The van der Waals surface area contributed by atoms with E-state index in [-0.39, 0.29) is 11.9 Å². The fourth-order valence-corrected chi connectivity index (χ4v) is 4.30. The number of aryl methyl sites for hydroxylation is 2. The Morgan fingerprint density at radius 3 is 2.97 bits per heavy atom. The molecule has 158 valence electrons. The van der Waals surface area contributed by atoms with Crippen LogP contribution in [0, 0.1) is 0 Å². The standard InChI is InChI=1S/C23H27ClN4O2/c1-3-7-18-14-21(27(2)26-18)23(29)28-11-5-4-10-20(28)22-25-15-19(30-22)13-16-8-6-9-17(24)12-16/h6,8-9,12,14-15,20H,3-5,7,10-11,13H2,1-2H3/t20-/m0/s1. The summed E-state index contributed by atoms with van der Waals surface area (Å²) in [6.45, 7) is 2.81. The summed E-state index contributed by atoms with van der Waals surface area (Å²) >= 11 is 6.09. The highest BCUT2D eigenvalue weighted by atomic mass is 35.5. The van der Waals surface area contributed by atoms with Crippen molar-refractivity contribution in [2.45, 2.75) is 51.5 Å². The lowest BCUT2D eigenvalue weighted by molar-refractivity contribution is 0.0558. The van der Waals surface area contributed by atoms with Crippen molar-refractivity contribution in [2.24, 2.45) is 7.05 Å². The third-order valence-electron chi connectivity index (χ3n) is 5.54. The number of nitrogens with zero attached hydrogens (tertiary/aromatic N) is 4. The van der Waals surface area contributed by atoms with Gasteiger partial charge in [-0.1, -0.05) is 37.1 Å². The summed E-state index contributed by atoms with van der Waals surface area (Å²) in [6.07, 6.45) is 7.14. The van der Waals surface area contributed by atoms with Gasteiger partial charge in [-0.3, -0.25) is 9.48 Å². The van der Waals surface area contributed by atoms with Gasteiger partial charge in [0, 0.05) is 25.0 Å². The second kappa shape index (κ2) is 9.04. The maximum Gasteiger partial charge on any atom is 0.272 e. The molecular weight excluding hydrogens is 400 g/mol. The number of halogens is 1. The first-order chi connectivity index (χ1) is 14.5. The summed E-state index contributed by atoms with van der Waals surface area (Å²) in [7, 11) is 1.83. The van der Waals surface area contributed by atoms with Gasteiger partial charge in [0.15, 0.2) is 0 Å². The Bertz CT molecular complexity index is 1030. The van der Waals surface area contributed by atoms with Crippen molar-refractivity contribution < 1.29 is 9.21 Å². The number of benzene rings is 1. The highest BCUT2D eigenvalue weighted by Crippen LogP contribution is 2.32. The number of hydrogen-bond donors (Lipinski definition) is 0. The molecule has 1 fully saturated rings. The molecule has 0 unspecified atom stereocenters. The van der Waals surface area contributed by atoms with Crippen LogP contribution in [0.1, 0.15) is 72.0 Å². The molecule has 1 atom stereocenters. The van der Waals surface area contributed by atoms with Gasteiger partial charge in [0.25, 0.3) is 5.91 Å². The van der Waals surface area contributed by atoms with Gasteiger partial charge in [-0.2, -0.15) is 5.10 Å². The highest BCUT2D eigenvalue weighted by Gasteiger charge is 2.33. The molecule has 30 heavy (non-hydrogen) atoms. The first-order valence-corrected chi connectivity index (χ1v) is 11.0. The third kappa shape index (κ3) is 4.43. The van der Waals surface area contributed by atoms with Crippen LogP contribution in [0.15, 0.2) is 40.9 Å². The Morgan fingerprint density at radius 1 is 1.30 bits per heavy atom. The minimum atomic E-state index is -0.149. The Morgan fingerprint density at radius 2 is 2.17 bits per heavy atom. The molecule has 1 saturated heterocycles. The first kappa shape index (κ1) is 20.7. The van der Waals surface area contributed by atoms with Crippen molar-refractivity contribution in [3.8, 4) is 0 Å². The molecule has 7 heteroatoms. The van der Waals surface area contributed by atoms with Crippen LogP contribution >= 0.6 is 11.6 Å². The van der Waals surface area contributed by atoms with Crippen LogP contribution in [-0.2, 0) is 19.9 Å². The molecule has 0 bridgehead atoms. The smallest absolute Gasteiger partial charge is 0.272 e. The van der Waals surface area contributed by atoms with Crippen molar-refractivity contribution in [1.29, 1.82) is 0 Å². The molecule has 1 aromatic carbocycles. The van der Waals surface area contributed by atoms with Gasteiger partial charge in [0.2, 0.25) is 5.89 Å². The SMILES string of the molecule is CCCc1cc(C(=O)N2CCCC[C@H]2c2ncc(Cc3cccc(Cl)c3)o2)n(C)n1. The summed E-state index contributed by atoms with van der Waals surface area (Å²) in [5, 5.41) is 5.20. The summed E-state index contributed by atoms with van der Waals surface area (Å²) in [6, 6.07) is 9.49. The van der Waals surface area contributed by atoms with E-state index in [0.717, 1.165) is 49.1 Å². The predicted octanol–water partition coefficient (Wildman–Crippen LogP) is 4.97. The lowest BCUT2D eigenvalue weighted by atomic mass is 10.0. The predicted molar refractivity (Wildman–Crippen MR) is 116 cm³/mol. The van der Waals surface area contributed by atoms with Gasteiger partial charge in [0.1, 0.15) is 17.5 Å². The summed E-state index contributed by atoms with van der Waals surface area (Å²) in [4.78, 5) is 19.8. The van der Waals surface area contributed by atoms with Crippen LogP contribution in [0.2, 0.25) is 5.02 Å². The Kier molecular flexibility index (Phi) is 6.23. The average Bonchev–Trinajstić information content (AvgIpc) is 3.34. The zero-order valence-electron chi connectivity index (χ0n) is 17.5. The molecule has 0 aliphatic carbocycles. The third-order valence-corrected chi connectivity index (χ3v) is 5.78. The van der Waals surface area contributed by atoms with E-state index in [1.54, 1.807) is 10.9 Å². The Labute approximate surface area is 181 Å². The van der Waals surface area contributed by atoms with Crippen LogP contribution < -0.4 is 0 Å². The monoisotopic (exact) mass is 426 g/mol. The number of carbonyl (C=O) groups is 1. The van der Waals surface area contributed by atoms with Gasteiger partial charge in [-0.25, -0.2) is 4.98 Å². The van der Waals surface area contributed by atoms with Gasteiger partial charge in [-0.05, 0) is 49.4 Å². The van der Waals surface area contributed by atoms with Crippen molar-refractivity contribution in [3.05, 3.63) is 70.2 Å². The molecule has 0 saturated carbocycles. The van der Waals surface area contributed by atoms with E-state index in [4.69, 9.17) is 16.0 Å². The molecule has 0 radical (unpaired) electrons. The molecule has 1 aliphatic rings. The van der Waals surface area contributed by atoms with Gasteiger partial charge < -0.3 is 9.32 Å². The minimum Gasteiger partial charge on any atom is -0.443 e. The van der Waals surface area contributed by atoms with Gasteiger partial charge in [0.05, 0.1) is 11.9 Å². The fourth-order valence-electron chi connectivity index (χ4n) is 4.09. The molecular formula is C23H27ClN4O2. The summed E-state index contributed by atoms with van der Waals surface area (Å²) in [5.41, 5.74) is 2.65. The van der Waals surface area contributed by atoms with E-state index in [2.05, 4.69) is 17.0 Å². The fraction of sp³-hybridized carbons (Fsp3) is 0.435. The van der Waals surface area contributed by atoms with Crippen LogP contribution in [0.25, 0.3) is 0 Å². The summed E-state index contributed by atoms with van der Waals surface area (Å²) < 4.78 is 7.78. The Hall–Kier alpha value is -2.60. The van der Waals surface area contributed by atoms with E-state index < -0.39 is 0 Å². The number of oxazole rings is 1. The number of carbonyl (C=O) groups excluding carboxylic acids is 1. The average molecular weight is 427 g/mol. The highest BCUT2D eigenvalue weighted by molar-refractivity contribution is 6.30. The number of hydrogen-bond acceptors (Lipinski definition) is 4. The summed E-state index contributed by atoms with van der Waals surface area (Å²) in [5.74, 6) is 1.37. The molecule has 2 aromatic heterocycles. The number of aromatic nitrogens is 3. The van der Waals surface area contributed by atoms with Gasteiger partial charge >= 0.3 is 0 Å². The number of amides is 1. The van der Waals surface area contributed by atoms with Crippen LogP contribution in [0.3, 0.4) is 0 Å². The maximum atomic E-state index is 13.3. The van der Waals surface area contributed by atoms with Crippen molar-refractivity contribution >= 4 is 17.5 Å². The number of likely N-dealkylation sites (tertiary alicyclic amines) is 1. The van der Waals surface area contributed by atoms with Crippen LogP contribution in [0.5, 0.6) is 0 Å². The van der Waals surface area contributed by atoms with E-state index in [9.17, 15) is 4.79 Å². The molecule has 6 nitrogen and oxygen atoms in total. The quantitative estimate of drug-likeness (QED) is 0.558. The molecule has 0 spiro atoms. The van der Waals surface area contributed by atoms with Crippen LogP contribution in [-0.4, -0.2) is 32.1 Å². The zero-order valence-corrected chi connectivity index (χ0v) is 18.2. The van der Waals surface area contributed by atoms with Crippen molar-refractivity contribution in [2.75, 3.05) is 6.54 Å². The molecule has 3 heterocycles. The molecule has 1 aliphatic heterocycles. The molecule has 3 aromatic rings. The van der Waals surface area contributed by atoms with Crippen molar-refractivity contribution in [3.63, 3.8) is 0 Å². The first-order valence-electron chi connectivity index (χ1n) is 10.6. The normalized spacial score (nSPS) is 16.8. The lowest BCUT2D eigenvalue weighted by Crippen LogP contribution is -2.39. The van der Waals surface area contributed by atoms with E-state index >= 15 is 0 Å². The minimum absolute atomic E-state index is 0.00774. The van der Waals surface area contributed by atoms with E-state index in [1.807, 2.05) is 42.3 Å². The van der Waals surface area contributed by atoms with Crippen molar-refractivity contribution in [1.82, 2.24) is 19.7 Å². The zero-order chi connectivity index (χ0) is 21.1.